The maximum Gasteiger partial charge on any atom is 0.408 e. The molecule has 16 heteroatoms. The smallest absolute Gasteiger partial charge is 0.408 e. The van der Waals surface area contributed by atoms with E-state index in [-0.39, 0.29) is 55.1 Å². The van der Waals surface area contributed by atoms with Crippen molar-refractivity contribution in [3.63, 3.8) is 0 Å². The van der Waals surface area contributed by atoms with Crippen molar-refractivity contribution in [1.29, 1.82) is 0 Å². The molecule has 0 spiro atoms. The summed E-state index contributed by atoms with van der Waals surface area (Å²) in [5, 5.41) is 5.58. The fraction of sp³-hybridized carbons (Fsp3) is 0.585. The Hall–Kier alpha value is -4.18. The number of amides is 4. The molecule has 3 heterocycles. The number of aromatic nitrogens is 1. The minimum absolute atomic E-state index is 0.00429. The van der Waals surface area contributed by atoms with Gasteiger partial charge in [-0.15, -0.1) is 6.58 Å². The minimum atomic E-state index is -3.91. The number of hydrogen-bond donors (Lipinski definition) is 4. The summed E-state index contributed by atoms with van der Waals surface area (Å²) in [5.41, 5.74) is -0.807. The molecule has 4 N–H and O–H groups in total. The van der Waals surface area contributed by atoms with Gasteiger partial charge < -0.3 is 30.0 Å². The summed E-state index contributed by atoms with van der Waals surface area (Å²) < 4.78 is 41.1. The fourth-order valence-electron chi connectivity index (χ4n) is 9.39. The van der Waals surface area contributed by atoms with Crippen molar-refractivity contribution >= 4 is 60.7 Å². The normalized spacial score (nSPS) is 31.5. The highest BCUT2D eigenvalue weighted by Crippen LogP contribution is 2.46. The first-order chi connectivity index (χ1) is 27.4. The van der Waals surface area contributed by atoms with Crippen LogP contribution in [0.25, 0.3) is 10.9 Å². The molecule has 1 saturated heterocycles. The first-order valence-corrected chi connectivity index (χ1v) is 22.6. The molecule has 8 rings (SSSR count). The SMILES string of the molecule is C=C[C@@H]1C[C@]1(NC(=O)[C@@H]1C[C@@H]2CN1C(=O)[C@H](C1CCCC1)NC(=O)O[C@@H]1CCC[C@H]1CC/C=C\Cc1c([nH]c3ccc(Br)cc3c1=O)O2)C(=O)NS(=O)(=O)C1CC1. The van der Waals surface area contributed by atoms with Crippen LogP contribution < -0.4 is 25.5 Å². The van der Waals surface area contributed by atoms with Gasteiger partial charge in [0.2, 0.25) is 21.8 Å². The van der Waals surface area contributed by atoms with Gasteiger partial charge in [0.1, 0.15) is 29.8 Å². The summed E-state index contributed by atoms with van der Waals surface area (Å²) in [5.74, 6) is -2.31. The lowest BCUT2D eigenvalue weighted by Crippen LogP contribution is -2.59. The van der Waals surface area contributed by atoms with Crippen molar-refractivity contribution in [2.75, 3.05) is 6.54 Å². The molecule has 1 aromatic carbocycles. The predicted octanol–water partition coefficient (Wildman–Crippen LogP) is 4.65. The summed E-state index contributed by atoms with van der Waals surface area (Å²) in [7, 11) is -3.91. The number of fused-ring (bicyclic) bond motifs is 5. The number of benzene rings is 1. The number of allylic oxidation sites excluding steroid dienone is 2. The molecule has 2 bridgehead atoms. The highest BCUT2D eigenvalue weighted by atomic mass is 79.9. The number of nitrogens with one attached hydrogen (secondary N) is 4. The summed E-state index contributed by atoms with van der Waals surface area (Å²) in [6, 6.07) is 3.21. The molecule has 2 aromatic rings. The van der Waals surface area contributed by atoms with Crippen LogP contribution in [0.4, 0.5) is 4.79 Å². The van der Waals surface area contributed by atoms with Crippen molar-refractivity contribution in [3.05, 3.63) is 63.3 Å². The molecule has 306 valence electrons. The van der Waals surface area contributed by atoms with Crippen molar-refractivity contribution in [1.82, 2.24) is 25.2 Å². The number of pyridine rings is 1. The van der Waals surface area contributed by atoms with Crippen molar-refractivity contribution in [2.24, 2.45) is 17.8 Å². The third-order valence-corrected chi connectivity index (χ3v) is 15.2. The van der Waals surface area contributed by atoms with E-state index in [1.165, 1.54) is 11.0 Å². The molecule has 0 unspecified atom stereocenters. The summed E-state index contributed by atoms with van der Waals surface area (Å²) in [6.07, 6.45) is 12.3. The van der Waals surface area contributed by atoms with Crippen LogP contribution in [0.15, 0.2) is 52.3 Å². The monoisotopic (exact) mass is 867 g/mol. The van der Waals surface area contributed by atoms with E-state index in [0.717, 1.165) is 49.4 Å². The molecule has 4 aliphatic carbocycles. The number of H-pyrrole nitrogens is 1. The molecule has 0 radical (unpaired) electrons. The van der Waals surface area contributed by atoms with Gasteiger partial charge in [-0.2, -0.15) is 0 Å². The molecular formula is C41H50BrN5O9S. The number of carbonyl (C=O) groups is 4. The molecule has 6 aliphatic rings. The molecule has 4 amide bonds. The zero-order chi connectivity index (χ0) is 40.1. The number of hydrogen-bond acceptors (Lipinski definition) is 9. The second kappa shape index (κ2) is 15.9. The molecule has 14 nitrogen and oxygen atoms in total. The Balaban J connectivity index is 1.15. The van der Waals surface area contributed by atoms with Crippen molar-refractivity contribution in [3.8, 4) is 5.88 Å². The third-order valence-electron chi connectivity index (χ3n) is 12.9. The maximum atomic E-state index is 14.9. The average molecular weight is 869 g/mol. The van der Waals surface area contributed by atoms with E-state index in [1.807, 2.05) is 18.2 Å². The standard InChI is InChI=1S/C41H50BrN5O9S/c1-2-25-21-41(25,39(51)46-57(53,54)28-16-17-28)45-36(49)32-20-27-22-47(32)38(50)34(24-10-6-7-11-24)44-40(52)56-33-14-8-12-23(33)9-4-3-5-13-29-35(48)30-19-26(42)15-18-31(30)43-37(29)55-27/h2-3,5,15,18-19,23-25,27-28,32-34H,1,4,6-14,16-17,20-22H2,(H,43,48)(H,44,52)(H,45,49)(H,46,51)/b5-3-/t23-,25-,27-,32+,33-,34+,41-/m1/s1. The predicted molar refractivity (Wildman–Crippen MR) is 215 cm³/mol. The number of carbonyl (C=O) groups excluding carboxylic acids is 4. The van der Waals surface area contributed by atoms with E-state index in [2.05, 4.69) is 42.8 Å². The first-order valence-electron chi connectivity index (χ1n) is 20.3. The Morgan fingerprint density at radius 2 is 1.75 bits per heavy atom. The van der Waals surface area contributed by atoms with Gasteiger partial charge in [-0.3, -0.25) is 23.9 Å². The van der Waals surface area contributed by atoms with E-state index < -0.39 is 68.7 Å². The Morgan fingerprint density at radius 3 is 2.49 bits per heavy atom. The second-order valence-electron chi connectivity index (χ2n) is 16.7. The van der Waals surface area contributed by atoms with Gasteiger partial charge in [-0.05, 0) is 101 Å². The highest BCUT2D eigenvalue weighted by molar-refractivity contribution is 9.10. The lowest BCUT2D eigenvalue weighted by molar-refractivity contribution is -0.142. The first kappa shape index (κ1) is 39.6. The van der Waals surface area contributed by atoms with Crippen molar-refractivity contribution < 1.29 is 37.1 Å². The van der Waals surface area contributed by atoms with E-state index >= 15 is 0 Å². The number of ether oxygens (including phenoxy) is 2. The number of halogens is 1. The minimum Gasteiger partial charge on any atom is -0.473 e. The Labute approximate surface area is 340 Å². The topological polar surface area (TPSA) is 193 Å². The van der Waals surface area contributed by atoms with Crippen LogP contribution in [0.5, 0.6) is 5.88 Å². The quantitative estimate of drug-likeness (QED) is 0.287. The molecular weight excluding hydrogens is 818 g/mol. The zero-order valence-corrected chi connectivity index (χ0v) is 34.2. The van der Waals surface area contributed by atoms with Gasteiger partial charge in [-0.25, -0.2) is 13.2 Å². The molecule has 1 aromatic heterocycles. The Bertz CT molecular complexity index is 2170. The second-order valence-corrected chi connectivity index (χ2v) is 19.5. The Kier molecular flexibility index (Phi) is 11.0. The number of sulfonamides is 1. The van der Waals surface area contributed by atoms with Crippen LogP contribution in [0.1, 0.15) is 89.0 Å². The van der Waals surface area contributed by atoms with Gasteiger partial charge in [0, 0.05) is 22.2 Å². The van der Waals surface area contributed by atoms with Crippen LogP contribution in [0.3, 0.4) is 0 Å². The number of aromatic amines is 1. The number of nitrogens with zero attached hydrogens (tertiary/aromatic N) is 1. The van der Waals surface area contributed by atoms with E-state index in [9.17, 15) is 32.4 Å². The lowest BCUT2D eigenvalue weighted by Gasteiger charge is -2.32. The Morgan fingerprint density at radius 1 is 0.982 bits per heavy atom. The van der Waals surface area contributed by atoms with E-state index in [0.29, 0.717) is 42.1 Å². The fourth-order valence-corrected chi connectivity index (χ4v) is 11.1. The molecule has 4 saturated carbocycles. The van der Waals surface area contributed by atoms with Crippen LogP contribution in [0.2, 0.25) is 0 Å². The zero-order valence-electron chi connectivity index (χ0n) is 31.8. The largest absolute Gasteiger partial charge is 0.473 e. The molecule has 5 fully saturated rings. The third kappa shape index (κ3) is 8.12. The summed E-state index contributed by atoms with van der Waals surface area (Å²) in [4.78, 5) is 75.3. The van der Waals surface area contributed by atoms with Gasteiger partial charge in [-0.1, -0.05) is 47.0 Å². The van der Waals surface area contributed by atoms with E-state index in [4.69, 9.17) is 9.47 Å². The van der Waals surface area contributed by atoms with Crippen LogP contribution in [0, 0.1) is 17.8 Å². The average Bonchev–Trinajstić information content (AvgIpc) is 3.97. The summed E-state index contributed by atoms with van der Waals surface area (Å²) in [6.45, 7) is 3.74. The van der Waals surface area contributed by atoms with Crippen LogP contribution in [-0.4, -0.2) is 83.7 Å². The summed E-state index contributed by atoms with van der Waals surface area (Å²) >= 11 is 3.48. The van der Waals surface area contributed by atoms with E-state index in [1.54, 1.807) is 12.1 Å². The highest BCUT2D eigenvalue weighted by Gasteiger charge is 2.62. The molecule has 57 heavy (non-hydrogen) atoms. The lowest BCUT2D eigenvalue weighted by atomic mass is 9.96. The maximum absolute atomic E-state index is 14.9. The van der Waals surface area contributed by atoms with Crippen LogP contribution >= 0.6 is 15.9 Å². The van der Waals surface area contributed by atoms with Crippen LogP contribution in [-0.2, 0) is 35.6 Å². The van der Waals surface area contributed by atoms with Gasteiger partial charge >= 0.3 is 6.09 Å². The van der Waals surface area contributed by atoms with Gasteiger partial charge in [0.05, 0.1) is 22.9 Å². The number of rotatable bonds is 7. The van der Waals surface area contributed by atoms with Gasteiger partial charge in [0.15, 0.2) is 11.3 Å². The van der Waals surface area contributed by atoms with Crippen molar-refractivity contribution in [2.45, 2.75) is 125 Å². The van der Waals surface area contributed by atoms with Gasteiger partial charge in [0.25, 0.3) is 5.91 Å². The number of alkyl carbamates (subject to hydrolysis) is 1. The molecule has 7 atom stereocenters. The molecule has 2 aliphatic heterocycles.